The summed E-state index contributed by atoms with van der Waals surface area (Å²) in [4.78, 5) is 16.7. The van der Waals surface area contributed by atoms with Gasteiger partial charge < -0.3 is 4.74 Å². The van der Waals surface area contributed by atoms with Crippen LogP contribution in [0, 0.1) is 6.92 Å². The summed E-state index contributed by atoms with van der Waals surface area (Å²) in [6.45, 7) is 1.80. The molecule has 0 saturated carbocycles. The van der Waals surface area contributed by atoms with Gasteiger partial charge in [-0.05, 0) is 31.2 Å². The Hall–Kier alpha value is -2.54. The number of hydrogen-bond donors (Lipinski definition) is 1. The smallest absolute Gasteiger partial charge is 0.259 e. The molecule has 2 aromatic heterocycles. The fourth-order valence-electron chi connectivity index (χ4n) is 2.00. The Bertz CT molecular complexity index is 802. The van der Waals surface area contributed by atoms with Gasteiger partial charge in [-0.15, -0.1) is 10.2 Å². The highest BCUT2D eigenvalue weighted by atomic mass is 32.1. The van der Waals surface area contributed by atoms with Gasteiger partial charge >= 0.3 is 0 Å². The summed E-state index contributed by atoms with van der Waals surface area (Å²) in [6.07, 6.45) is 0. The van der Waals surface area contributed by atoms with Crippen LogP contribution in [-0.2, 0) is 0 Å². The van der Waals surface area contributed by atoms with Crippen molar-refractivity contribution in [3.05, 3.63) is 41.0 Å². The van der Waals surface area contributed by atoms with Crippen LogP contribution in [0.15, 0.2) is 29.8 Å². The zero-order valence-corrected chi connectivity index (χ0v) is 12.3. The van der Waals surface area contributed by atoms with Crippen molar-refractivity contribution in [2.24, 2.45) is 0 Å². The Morgan fingerprint density at radius 3 is 2.90 bits per heavy atom. The van der Waals surface area contributed by atoms with E-state index in [0.29, 0.717) is 16.4 Å². The first-order valence-electron chi connectivity index (χ1n) is 6.20. The van der Waals surface area contributed by atoms with E-state index in [1.54, 1.807) is 25.6 Å². The van der Waals surface area contributed by atoms with Crippen LogP contribution in [0.25, 0.3) is 10.9 Å². The van der Waals surface area contributed by atoms with Crippen molar-refractivity contribution >= 4 is 33.3 Å². The van der Waals surface area contributed by atoms with Crippen molar-refractivity contribution in [3.8, 4) is 5.75 Å². The molecule has 0 aliphatic heterocycles. The number of fused-ring (bicyclic) bond motifs is 1. The number of anilines is 1. The van der Waals surface area contributed by atoms with E-state index in [1.165, 1.54) is 11.3 Å². The molecule has 3 aromatic rings. The van der Waals surface area contributed by atoms with Gasteiger partial charge in [-0.1, -0.05) is 11.3 Å². The highest BCUT2D eigenvalue weighted by Crippen LogP contribution is 2.22. The zero-order chi connectivity index (χ0) is 14.8. The van der Waals surface area contributed by atoms with Gasteiger partial charge in [0.15, 0.2) is 0 Å². The number of methoxy groups -OCH3 is 1. The first kappa shape index (κ1) is 13.4. The van der Waals surface area contributed by atoms with Crippen molar-refractivity contribution in [1.82, 2.24) is 15.2 Å². The molecule has 7 heteroatoms. The van der Waals surface area contributed by atoms with E-state index < -0.39 is 0 Å². The second-order valence-corrected chi connectivity index (χ2v) is 5.21. The molecule has 21 heavy (non-hydrogen) atoms. The Balaban J connectivity index is 2.00. The first-order valence-corrected chi connectivity index (χ1v) is 7.08. The lowest BCUT2D eigenvalue weighted by Crippen LogP contribution is -2.14. The van der Waals surface area contributed by atoms with Crippen molar-refractivity contribution in [1.29, 1.82) is 0 Å². The van der Waals surface area contributed by atoms with Crippen LogP contribution >= 0.6 is 11.3 Å². The quantitative estimate of drug-likeness (QED) is 0.804. The van der Waals surface area contributed by atoms with Crippen LogP contribution in [0.1, 0.15) is 16.1 Å². The van der Waals surface area contributed by atoms with Gasteiger partial charge in [-0.3, -0.25) is 15.1 Å². The van der Waals surface area contributed by atoms with Crippen LogP contribution < -0.4 is 10.1 Å². The molecule has 1 N–H and O–H groups in total. The third-order valence-electron chi connectivity index (χ3n) is 3.04. The Morgan fingerprint density at radius 2 is 2.19 bits per heavy atom. The maximum atomic E-state index is 12.3. The average Bonchev–Trinajstić information content (AvgIpc) is 2.98. The van der Waals surface area contributed by atoms with Crippen LogP contribution in [0.3, 0.4) is 0 Å². The topological polar surface area (TPSA) is 77.0 Å². The predicted octanol–water partition coefficient (Wildman–Crippen LogP) is 2.66. The number of ether oxygens (including phenoxy) is 1. The zero-order valence-electron chi connectivity index (χ0n) is 11.5. The van der Waals surface area contributed by atoms with Gasteiger partial charge in [-0.2, -0.15) is 0 Å². The number of benzene rings is 1. The lowest BCUT2D eigenvalue weighted by Gasteiger charge is -2.08. The van der Waals surface area contributed by atoms with Gasteiger partial charge in [0.25, 0.3) is 5.91 Å². The number of carbonyl (C=O) groups is 1. The average molecular weight is 300 g/mol. The van der Waals surface area contributed by atoms with E-state index in [2.05, 4.69) is 20.5 Å². The number of nitrogens with zero attached hydrogens (tertiary/aromatic N) is 3. The van der Waals surface area contributed by atoms with Crippen LogP contribution in [0.5, 0.6) is 5.75 Å². The molecule has 106 valence electrons. The minimum absolute atomic E-state index is 0.249. The Labute approximate surface area is 124 Å². The molecule has 0 aliphatic rings. The highest BCUT2D eigenvalue weighted by molar-refractivity contribution is 7.13. The number of carbonyl (C=O) groups excluding carboxylic acids is 1. The van der Waals surface area contributed by atoms with Gasteiger partial charge in [0, 0.05) is 5.39 Å². The number of rotatable bonds is 3. The molecule has 0 spiro atoms. The molecule has 1 amide bonds. The molecule has 0 fully saturated rings. The Kier molecular flexibility index (Phi) is 3.49. The number of aromatic nitrogens is 3. The van der Waals surface area contributed by atoms with Crippen LogP contribution in [0.2, 0.25) is 0 Å². The SMILES string of the molecule is COc1ccc2nc(C)c(C(=O)Nc3nncs3)cc2c1. The first-order chi connectivity index (χ1) is 10.2. The summed E-state index contributed by atoms with van der Waals surface area (Å²) < 4.78 is 5.19. The minimum atomic E-state index is -0.249. The molecule has 1 aromatic carbocycles. The van der Waals surface area contributed by atoms with Gasteiger partial charge in [0.1, 0.15) is 11.3 Å². The predicted molar refractivity (Wildman–Crippen MR) is 80.9 cm³/mol. The summed E-state index contributed by atoms with van der Waals surface area (Å²) in [5.41, 5.74) is 3.55. The van der Waals surface area contributed by atoms with E-state index in [0.717, 1.165) is 16.7 Å². The minimum Gasteiger partial charge on any atom is -0.497 e. The summed E-state index contributed by atoms with van der Waals surface area (Å²) in [5.74, 6) is 0.477. The standard InChI is InChI=1S/C14H12N4O2S/c1-8-11(13(19)17-14-18-15-7-21-14)6-9-5-10(20-2)3-4-12(9)16-8/h3-7H,1-2H3,(H,17,18,19). The summed E-state index contributed by atoms with van der Waals surface area (Å²) in [6, 6.07) is 7.36. The number of nitrogens with one attached hydrogen (secondary N) is 1. The Morgan fingerprint density at radius 1 is 1.33 bits per heavy atom. The molecule has 0 saturated heterocycles. The number of hydrogen-bond acceptors (Lipinski definition) is 6. The summed E-state index contributed by atoms with van der Waals surface area (Å²) >= 11 is 1.27. The van der Waals surface area contributed by atoms with Gasteiger partial charge in [-0.25, -0.2) is 0 Å². The summed E-state index contributed by atoms with van der Waals surface area (Å²) in [7, 11) is 1.60. The fraction of sp³-hybridized carbons (Fsp3) is 0.143. The largest absolute Gasteiger partial charge is 0.497 e. The second-order valence-electron chi connectivity index (χ2n) is 4.38. The van der Waals surface area contributed by atoms with Gasteiger partial charge in [0.05, 0.1) is 23.9 Å². The number of amides is 1. The van der Waals surface area contributed by atoms with E-state index in [1.807, 2.05) is 18.2 Å². The molecular weight excluding hydrogens is 288 g/mol. The maximum Gasteiger partial charge on any atom is 0.259 e. The van der Waals surface area contributed by atoms with E-state index in [-0.39, 0.29) is 5.91 Å². The lowest BCUT2D eigenvalue weighted by molar-refractivity contribution is 0.102. The molecular formula is C14H12N4O2S. The van der Waals surface area contributed by atoms with E-state index in [9.17, 15) is 4.79 Å². The fourth-order valence-corrected chi connectivity index (χ4v) is 2.44. The lowest BCUT2D eigenvalue weighted by atomic mass is 10.1. The van der Waals surface area contributed by atoms with E-state index >= 15 is 0 Å². The summed E-state index contributed by atoms with van der Waals surface area (Å²) in [5, 5.41) is 11.5. The maximum absolute atomic E-state index is 12.3. The molecule has 0 atom stereocenters. The molecule has 2 heterocycles. The normalized spacial score (nSPS) is 10.6. The second kappa shape index (κ2) is 5.45. The number of aryl methyl sites for hydroxylation is 1. The number of pyridine rings is 1. The van der Waals surface area contributed by atoms with Crippen LogP contribution in [0.4, 0.5) is 5.13 Å². The third kappa shape index (κ3) is 2.68. The molecule has 0 unspecified atom stereocenters. The van der Waals surface area contributed by atoms with E-state index in [4.69, 9.17) is 4.74 Å². The molecule has 3 rings (SSSR count). The van der Waals surface area contributed by atoms with Crippen molar-refractivity contribution in [3.63, 3.8) is 0 Å². The van der Waals surface area contributed by atoms with Gasteiger partial charge in [0.2, 0.25) is 5.13 Å². The molecule has 6 nitrogen and oxygen atoms in total. The van der Waals surface area contributed by atoms with Crippen molar-refractivity contribution in [2.45, 2.75) is 6.92 Å². The monoisotopic (exact) mass is 300 g/mol. The third-order valence-corrected chi connectivity index (χ3v) is 3.64. The molecule has 0 aliphatic carbocycles. The van der Waals surface area contributed by atoms with Crippen molar-refractivity contribution in [2.75, 3.05) is 12.4 Å². The molecule has 0 radical (unpaired) electrons. The molecule has 0 bridgehead atoms. The van der Waals surface area contributed by atoms with Crippen LogP contribution in [-0.4, -0.2) is 28.2 Å². The van der Waals surface area contributed by atoms with Crippen molar-refractivity contribution < 1.29 is 9.53 Å². The highest BCUT2D eigenvalue weighted by Gasteiger charge is 2.13.